The lowest BCUT2D eigenvalue weighted by Gasteiger charge is -2.16. The van der Waals surface area contributed by atoms with Crippen LogP contribution in [-0.2, 0) is 25.2 Å². The summed E-state index contributed by atoms with van der Waals surface area (Å²) in [5, 5.41) is 13.6. The van der Waals surface area contributed by atoms with E-state index in [0.29, 0.717) is 17.8 Å². The molecule has 1 saturated heterocycles. The van der Waals surface area contributed by atoms with Gasteiger partial charge in [0.2, 0.25) is 16.9 Å². The number of carbonyl (C=O) groups excluding carboxylic acids is 3. The number of para-hydroxylation sites is 1. The number of amides is 3. The molecule has 0 bridgehead atoms. The predicted octanol–water partition coefficient (Wildman–Crippen LogP) is 3.76. The number of nitrogens with zero attached hydrogens (tertiary/aromatic N) is 3. The van der Waals surface area contributed by atoms with Gasteiger partial charge in [0, 0.05) is 29.9 Å². The van der Waals surface area contributed by atoms with E-state index >= 15 is 0 Å². The minimum absolute atomic E-state index is 0.106. The molecule has 5 rings (SSSR count). The standard InChI is InChI=1S/C27H23N5O5S2/c33-24-15-19(16-32(24)21-7-3-1-4-8-21)26(35)28-20-13-11-18(12-14-20)25(34)29-27-31-30-23(38-27)17-39(36,37)22-9-5-2-6-10-22/h1-14,19H,15-17H2,(H,28,35)(H,29,31,34). The molecule has 2 N–H and O–H groups in total. The minimum Gasteiger partial charge on any atom is -0.326 e. The molecule has 1 atom stereocenters. The van der Waals surface area contributed by atoms with Crippen LogP contribution in [0.5, 0.6) is 0 Å². The second-order valence-corrected chi connectivity index (χ2v) is 11.9. The first-order valence-corrected chi connectivity index (χ1v) is 14.4. The van der Waals surface area contributed by atoms with E-state index in [9.17, 15) is 22.8 Å². The van der Waals surface area contributed by atoms with Gasteiger partial charge in [0.15, 0.2) is 9.84 Å². The summed E-state index contributed by atoms with van der Waals surface area (Å²) < 4.78 is 25.1. The number of sulfone groups is 1. The van der Waals surface area contributed by atoms with E-state index < -0.39 is 21.7 Å². The molecule has 0 saturated carbocycles. The Morgan fingerprint density at radius 3 is 2.26 bits per heavy atom. The fraction of sp³-hybridized carbons (Fsp3) is 0.148. The SMILES string of the molecule is O=C(Nc1nnc(CS(=O)(=O)c2ccccc2)s1)c1ccc(NC(=O)C2CC(=O)N(c3ccccc3)C2)cc1. The third kappa shape index (κ3) is 6.19. The van der Waals surface area contributed by atoms with E-state index in [1.54, 1.807) is 47.4 Å². The maximum absolute atomic E-state index is 12.8. The van der Waals surface area contributed by atoms with Crippen LogP contribution in [-0.4, -0.2) is 42.9 Å². The molecule has 1 aromatic heterocycles. The molecular weight excluding hydrogens is 538 g/mol. The Kier molecular flexibility index (Phi) is 7.48. The first-order valence-electron chi connectivity index (χ1n) is 12.0. The van der Waals surface area contributed by atoms with Crippen molar-refractivity contribution >= 4 is 55.4 Å². The summed E-state index contributed by atoms with van der Waals surface area (Å²) in [6, 6.07) is 23.5. The molecular formula is C27H23N5O5S2. The van der Waals surface area contributed by atoms with Crippen molar-refractivity contribution in [2.45, 2.75) is 17.1 Å². The number of carbonyl (C=O) groups is 3. The topological polar surface area (TPSA) is 138 Å². The van der Waals surface area contributed by atoms with Gasteiger partial charge in [-0.2, -0.15) is 0 Å². The van der Waals surface area contributed by atoms with Crippen LogP contribution >= 0.6 is 11.3 Å². The summed E-state index contributed by atoms with van der Waals surface area (Å²) in [5.41, 5.74) is 1.56. The lowest BCUT2D eigenvalue weighted by Crippen LogP contribution is -2.28. The quantitative estimate of drug-likeness (QED) is 0.334. The lowest BCUT2D eigenvalue weighted by atomic mass is 10.1. The van der Waals surface area contributed by atoms with Crippen LogP contribution in [0.15, 0.2) is 89.8 Å². The van der Waals surface area contributed by atoms with Gasteiger partial charge in [0.05, 0.1) is 10.8 Å². The summed E-state index contributed by atoms with van der Waals surface area (Å²) in [6.07, 6.45) is 0.123. The number of aromatic nitrogens is 2. The number of benzene rings is 3. The molecule has 0 radical (unpaired) electrons. The van der Waals surface area contributed by atoms with Gasteiger partial charge in [-0.25, -0.2) is 8.42 Å². The molecule has 0 spiro atoms. The summed E-state index contributed by atoms with van der Waals surface area (Å²) in [6.45, 7) is 0.297. The van der Waals surface area contributed by atoms with E-state index in [-0.39, 0.29) is 39.0 Å². The van der Waals surface area contributed by atoms with Gasteiger partial charge in [-0.3, -0.25) is 19.7 Å². The lowest BCUT2D eigenvalue weighted by molar-refractivity contribution is -0.122. The molecule has 1 aliphatic heterocycles. The molecule has 39 heavy (non-hydrogen) atoms. The van der Waals surface area contributed by atoms with Crippen LogP contribution < -0.4 is 15.5 Å². The van der Waals surface area contributed by atoms with Crippen molar-refractivity contribution in [3.8, 4) is 0 Å². The molecule has 1 aliphatic rings. The van der Waals surface area contributed by atoms with Gasteiger partial charge in [-0.05, 0) is 48.5 Å². The Balaban J connectivity index is 1.16. The fourth-order valence-electron chi connectivity index (χ4n) is 4.10. The average molecular weight is 562 g/mol. The first kappa shape index (κ1) is 26.2. The highest BCUT2D eigenvalue weighted by Crippen LogP contribution is 2.26. The highest BCUT2D eigenvalue weighted by atomic mass is 32.2. The van der Waals surface area contributed by atoms with Crippen molar-refractivity contribution in [1.29, 1.82) is 0 Å². The maximum Gasteiger partial charge on any atom is 0.257 e. The van der Waals surface area contributed by atoms with E-state index in [1.807, 2.05) is 30.3 Å². The number of anilines is 3. The van der Waals surface area contributed by atoms with Crippen molar-refractivity contribution in [2.24, 2.45) is 5.92 Å². The van der Waals surface area contributed by atoms with Gasteiger partial charge >= 0.3 is 0 Å². The van der Waals surface area contributed by atoms with E-state index in [0.717, 1.165) is 17.0 Å². The molecule has 198 valence electrons. The average Bonchev–Trinajstić information content (AvgIpc) is 3.55. The molecule has 12 heteroatoms. The zero-order valence-electron chi connectivity index (χ0n) is 20.5. The highest BCUT2D eigenvalue weighted by molar-refractivity contribution is 7.90. The van der Waals surface area contributed by atoms with E-state index in [4.69, 9.17) is 0 Å². The molecule has 3 aromatic carbocycles. The molecule has 10 nitrogen and oxygen atoms in total. The van der Waals surface area contributed by atoms with Crippen molar-refractivity contribution in [3.05, 3.63) is 95.5 Å². The second-order valence-electron chi connectivity index (χ2n) is 8.83. The molecule has 4 aromatic rings. The van der Waals surface area contributed by atoms with Crippen molar-refractivity contribution in [1.82, 2.24) is 10.2 Å². The van der Waals surface area contributed by atoms with Gasteiger partial charge in [-0.15, -0.1) is 10.2 Å². The van der Waals surface area contributed by atoms with Crippen LogP contribution in [0.25, 0.3) is 0 Å². The van der Waals surface area contributed by atoms with Crippen LogP contribution in [0.2, 0.25) is 0 Å². The Morgan fingerprint density at radius 1 is 0.897 bits per heavy atom. The van der Waals surface area contributed by atoms with Crippen molar-refractivity contribution in [3.63, 3.8) is 0 Å². The smallest absolute Gasteiger partial charge is 0.257 e. The summed E-state index contributed by atoms with van der Waals surface area (Å²) >= 11 is 0.980. The van der Waals surface area contributed by atoms with Crippen molar-refractivity contribution in [2.75, 3.05) is 22.1 Å². The zero-order chi connectivity index (χ0) is 27.4. The van der Waals surface area contributed by atoms with Gasteiger partial charge in [0.25, 0.3) is 5.91 Å². The summed E-state index contributed by atoms with van der Waals surface area (Å²) in [5.74, 6) is -1.65. The number of rotatable bonds is 8. The van der Waals surface area contributed by atoms with Gasteiger partial charge in [0.1, 0.15) is 10.8 Å². The Labute approximate surface area is 228 Å². The molecule has 2 heterocycles. The molecule has 1 fully saturated rings. The predicted molar refractivity (Wildman–Crippen MR) is 147 cm³/mol. The Bertz CT molecular complexity index is 1610. The number of nitrogens with one attached hydrogen (secondary N) is 2. The van der Waals surface area contributed by atoms with Gasteiger partial charge in [-0.1, -0.05) is 47.7 Å². The van der Waals surface area contributed by atoms with Crippen LogP contribution in [0.1, 0.15) is 21.8 Å². The van der Waals surface area contributed by atoms with Gasteiger partial charge < -0.3 is 10.2 Å². The molecule has 0 aliphatic carbocycles. The Hall–Kier alpha value is -4.42. The minimum atomic E-state index is -3.58. The van der Waals surface area contributed by atoms with E-state index in [2.05, 4.69) is 20.8 Å². The molecule has 3 amide bonds. The van der Waals surface area contributed by atoms with Crippen LogP contribution in [0, 0.1) is 5.92 Å². The zero-order valence-corrected chi connectivity index (χ0v) is 22.1. The molecule has 1 unspecified atom stereocenters. The third-order valence-corrected chi connectivity index (χ3v) is 8.75. The third-order valence-electron chi connectivity index (χ3n) is 6.08. The first-order chi connectivity index (χ1) is 18.8. The normalized spacial score (nSPS) is 15.2. The number of hydrogen-bond acceptors (Lipinski definition) is 8. The number of hydrogen-bond donors (Lipinski definition) is 2. The van der Waals surface area contributed by atoms with Crippen LogP contribution in [0.4, 0.5) is 16.5 Å². The largest absolute Gasteiger partial charge is 0.326 e. The fourth-order valence-corrected chi connectivity index (χ4v) is 6.45. The Morgan fingerprint density at radius 2 is 1.56 bits per heavy atom. The highest BCUT2D eigenvalue weighted by Gasteiger charge is 2.35. The summed E-state index contributed by atoms with van der Waals surface area (Å²) in [4.78, 5) is 39.6. The maximum atomic E-state index is 12.8. The van der Waals surface area contributed by atoms with E-state index in [1.165, 1.54) is 12.1 Å². The summed E-state index contributed by atoms with van der Waals surface area (Å²) in [7, 11) is -3.58. The van der Waals surface area contributed by atoms with Crippen molar-refractivity contribution < 1.29 is 22.8 Å². The second kappa shape index (κ2) is 11.1. The monoisotopic (exact) mass is 561 g/mol. The van der Waals surface area contributed by atoms with Crippen LogP contribution in [0.3, 0.4) is 0 Å².